The van der Waals surface area contributed by atoms with Crippen LogP contribution in [0.25, 0.3) is 5.69 Å². The van der Waals surface area contributed by atoms with Gasteiger partial charge in [-0.05, 0) is 38.0 Å². The van der Waals surface area contributed by atoms with Crippen molar-refractivity contribution in [1.82, 2.24) is 14.5 Å². The summed E-state index contributed by atoms with van der Waals surface area (Å²) in [6.45, 7) is 3.89. The number of benzene rings is 1. The molecule has 2 aromatic rings. The fraction of sp³-hybridized carbons (Fsp3) is 0.389. The molecule has 3 rings (SSSR count). The van der Waals surface area contributed by atoms with E-state index in [1.54, 1.807) is 11.1 Å². The van der Waals surface area contributed by atoms with E-state index < -0.39 is 6.04 Å². The van der Waals surface area contributed by atoms with Crippen molar-refractivity contribution in [2.24, 2.45) is 0 Å². The third-order valence-corrected chi connectivity index (χ3v) is 4.63. The number of esters is 1. The highest BCUT2D eigenvalue weighted by molar-refractivity contribution is 5.88. The van der Waals surface area contributed by atoms with E-state index >= 15 is 0 Å². The van der Waals surface area contributed by atoms with Crippen LogP contribution in [0, 0.1) is 6.92 Å². The molecule has 6 heteroatoms. The molecular weight excluding hydrogens is 306 g/mol. The normalized spacial score (nSPS) is 18.7. The molecule has 126 valence electrons. The predicted molar refractivity (Wildman–Crippen MR) is 88.6 cm³/mol. The van der Waals surface area contributed by atoms with Crippen molar-refractivity contribution in [1.29, 1.82) is 0 Å². The van der Waals surface area contributed by atoms with Crippen molar-refractivity contribution < 1.29 is 14.3 Å². The number of aromatic nitrogens is 2. The quantitative estimate of drug-likeness (QED) is 0.809. The van der Waals surface area contributed by atoms with Gasteiger partial charge in [0.15, 0.2) is 0 Å². The molecule has 1 aliphatic rings. The lowest BCUT2D eigenvalue weighted by atomic mass is 10.1. The van der Waals surface area contributed by atoms with E-state index in [1.165, 1.54) is 7.11 Å². The zero-order valence-electron chi connectivity index (χ0n) is 14.1. The topological polar surface area (TPSA) is 64.4 Å². The van der Waals surface area contributed by atoms with Gasteiger partial charge in [0.2, 0.25) is 5.91 Å². The van der Waals surface area contributed by atoms with Crippen LogP contribution in [0.3, 0.4) is 0 Å². The molecule has 0 radical (unpaired) electrons. The molecule has 0 saturated carbocycles. The average Bonchev–Trinajstić information content (AvgIpc) is 3.19. The summed E-state index contributed by atoms with van der Waals surface area (Å²) in [6.07, 6.45) is 4.57. The van der Waals surface area contributed by atoms with Crippen molar-refractivity contribution in [3.8, 4) is 5.69 Å². The third-order valence-electron chi connectivity index (χ3n) is 4.63. The highest BCUT2D eigenvalue weighted by atomic mass is 16.5. The number of ether oxygens (including phenoxy) is 1. The standard InChI is InChI=1S/C18H21N3O3/c1-12(21-16(18(23)24-3)8-9-17(21)22)14-4-6-15(7-5-14)20-11-10-19-13(20)2/h4-7,10-12,16H,8-9H2,1-3H3. The van der Waals surface area contributed by atoms with E-state index in [2.05, 4.69) is 4.98 Å². The molecule has 1 aromatic carbocycles. The minimum absolute atomic E-state index is 0.00701. The first-order valence-electron chi connectivity index (χ1n) is 8.02. The van der Waals surface area contributed by atoms with Gasteiger partial charge in [-0.2, -0.15) is 0 Å². The first-order chi connectivity index (χ1) is 11.5. The molecule has 2 unspecified atom stereocenters. The van der Waals surface area contributed by atoms with Gasteiger partial charge in [-0.3, -0.25) is 4.79 Å². The zero-order chi connectivity index (χ0) is 17.3. The Hall–Kier alpha value is -2.63. The maximum Gasteiger partial charge on any atom is 0.328 e. The minimum Gasteiger partial charge on any atom is -0.467 e. The summed E-state index contributed by atoms with van der Waals surface area (Å²) in [5, 5.41) is 0. The number of amides is 1. The third kappa shape index (κ3) is 2.79. The van der Waals surface area contributed by atoms with Crippen LogP contribution in [0.4, 0.5) is 0 Å². The summed E-state index contributed by atoms with van der Waals surface area (Å²) in [4.78, 5) is 30.0. The van der Waals surface area contributed by atoms with Crippen molar-refractivity contribution in [3.63, 3.8) is 0 Å². The molecule has 0 spiro atoms. The zero-order valence-corrected chi connectivity index (χ0v) is 14.1. The van der Waals surface area contributed by atoms with Crippen molar-refractivity contribution in [2.75, 3.05) is 7.11 Å². The smallest absolute Gasteiger partial charge is 0.328 e. The predicted octanol–water partition coefficient (Wildman–Crippen LogP) is 2.41. The fourth-order valence-corrected chi connectivity index (χ4v) is 3.28. The Kier molecular flexibility index (Phi) is 4.38. The molecule has 1 amide bonds. The largest absolute Gasteiger partial charge is 0.467 e. The Morgan fingerprint density at radius 1 is 1.33 bits per heavy atom. The van der Waals surface area contributed by atoms with Crippen LogP contribution in [0.1, 0.15) is 37.2 Å². The lowest BCUT2D eigenvalue weighted by Gasteiger charge is -2.29. The van der Waals surface area contributed by atoms with E-state index in [4.69, 9.17) is 4.74 Å². The first kappa shape index (κ1) is 16.2. The molecule has 6 nitrogen and oxygen atoms in total. The number of nitrogens with zero attached hydrogens (tertiary/aromatic N) is 3. The summed E-state index contributed by atoms with van der Waals surface area (Å²) in [6, 6.07) is 7.29. The van der Waals surface area contributed by atoms with E-state index in [-0.39, 0.29) is 17.9 Å². The van der Waals surface area contributed by atoms with Gasteiger partial charge in [0.25, 0.3) is 0 Å². The number of imidazole rings is 1. The molecule has 2 heterocycles. The number of hydrogen-bond acceptors (Lipinski definition) is 4. The molecule has 1 aliphatic heterocycles. The highest BCUT2D eigenvalue weighted by Crippen LogP contribution is 2.31. The van der Waals surface area contributed by atoms with Crippen LogP contribution in [0.5, 0.6) is 0 Å². The maximum atomic E-state index is 12.2. The minimum atomic E-state index is -0.493. The van der Waals surface area contributed by atoms with Gasteiger partial charge >= 0.3 is 5.97 Å². The molecule has 0 aliphatic carbocycles. The number of carbonyl (C=O) groups excluding carboxylic acids is 2. The van der Waals surface area contributed by atoms with Crippen LogP contribution in [0.2, 0.25) is 0 Å². The molecule has 2 atom stereocenters. The second-order valence-electron chi connectivity index (χ2n) is 5.99. The molecule has 1 saturated heterocycles. The van der Waals surface area contributed by atoms with E-state index in [1.807, 2.05) is 48.9 Å². The highest BCUT2D eigenvalue weighted by Gasteiger charge is 2.39. The number of hydrogen-bond donors (Lipinski definition) is 0. The Morgan fingerprint density at radius 2 is 2.04 bits per heavy atom. The van der Waals surface area contributed by atoms with Crippen molar-refractivity contribution in [2.45, 2.75) is 38.8 Å². The Balaban J connectivity index is 1.84. The fourth-order valence-electron chi connectivity index (χ4n) is 3.28. The Morgan fingerprint density at radius 3 is 2.62 bits per heavy atom. The Bertz CT molecular complexity index is 751. The second kappa shape index (κ2) is 6.47. The maximum absolute atomic E-state index is 12.2. The first-order valence-corrected chi connectivity index (χ1v) is 8.02. The van der Waals surface area contributed by atoms with Crippen LogP contribution in [0.15, 0.2) is 36.7 Å². The van der Waals surface area contributed by atoms with E-state index in [0.29, 0.717) is 12.8 Å². The Labute approximate surface area is 141 Å². The number of rotatable bonds is 4. The van der Waals surface area contributed by atoms with Gasteiger partial charge in [0, 0.05) is 24.5 Å². The number of likely N-dealkylation sites (tertiary alicyclic amines) is 1. The number of aryl methyl sites for hydroxylation is 1. The second-order valence-corrected chi connectivity index (χ2v) is 5.99. The van der Waals surface area contributed by atoms with Gasteiger partial charge in [-0.25, -0.2) is 9.78 Å². The van der Waals surface area contributed by atoms with Gasteiger partial charge in [0.1, 0.15) is 11.9 Å². The molecule has 0 bridgehead atoms. The van der Waals surface area contributed by atoms with Crippen molar-refractivity contribution in [3.05, 3.63) is 48.0 Å². The summed E-state index contributed by atoms with van der Waals surface area (Å²) in [5.41, 5.74) is 2.00. The lowest BCUT2D eigenvalue weighted by Crippen LogP contribution is -2.40. The van der Waals surface area contributed by atoms with Crippen molar-refractivity contribution >= 4 is 11.9 Å². The molecule has 1 fully saturated rings. The van der Waals surface area contributed by atoms with E-state index in [0.717, 1.165) is 17.1 Å². The summed E-state index contributed by atoms with van der Waals surface area (Å²) in [5.74, 6) is 0.557. The molecule has 1 aromatic heterocycles. The van der Waals surface area contributed by atoms with Crippen LogP contribution in [-0.4, -0.2) is 39.5 Å². The number of methoxy groups -OCH3 is 1. The van der Waals surface area contributed by atoms with Crippen LogP contribution in [-0.2, 0) is 14.3 Å². The van der Waals surface area contributed by atoms with E-state index in [9.17, 15) is 9.59 Å². The number of carbonyl (C=O) groups is 2. The monoisotopic (exact) mass is 327 g/mol. The van der Waals surface area contributed by atoms with Gasteiger partial charge in [-0.1, -0.05) is 12.1 Å². The summed E-state index contributed by atoms with van der Waals surface area (Å²) >= 11 is 0. The lowest BCUT2D eigenvalue weighted by molar-refractivity contribution is -0.150. The summed E-state index contributed by atoms with van der Waals surface area (Å²) in [7, 11) is 1.36. The SMILES string of the molecule is COC(=O)C1CCC(=O)N1C(C)c1ccc(-n2ccnc2C)cc1. The van der Waals surface area contributed by atoms with Gasteiger partial charge in [0.05, 0.1) is 13.2 Å². The molecule has 24 heavy (non-hydrogen) atoms. The molecule has 0 N–H and O–H groups in total. The molecular formula is C18H21N3O3. The van der Waals surface area contributed by atoms with Gasteiger partial charge in [-0.15, -0.1) is 0 Å². The van der Waals surface area contributed by atoms with Crippen LogP contribution >= 0.6 is 0 Å². The van der Waals surface area contributed by atoms with Gasteiger partial charge < -0.3 is 14.2 Å². The average molecular weight is 327 g/mol. The summed E-state index contributed by atoms with van der Waals surface area (Å²) < 4.78 is 6.83. The van der Waals surface area contributed by atoms with Crippen LogP contribution < -0.4 is 0 Å².